The summed E-state index contributed by atoms with van der Waals surface area (Å²) >= 11 is 6.11. The highest BCUT2D eigenvalue weighted by Gasteiger charge is 2.24. The number of aryl methyl sites for hydroxylation is 1. The summed E-state index contributed by atoms with van der Waals surface area (Å²) in [5.74, 6) is -0.0877. The minimum atomic E-state index is -3.74. The second-order valence-electron chi connectivity index (χ2n) is 5.75. The van der Waals surface area contributed by atoms with E-state index in [4.69, 9.17) is 11.6 Å². The Kier molecular flexibility index (Phi) is 6.94. The Balaban J connectivity index is 2.49. The highest BCUT2D eigenvalue weighted by Crippen LogP contribution is 2.29. The largest absolute Gasteiger partial charge is 0.505 e. The van der Waals surface area contributed by atoms with E-state index in [2.05, 4.69) is 9.98 Å². The number of aliphatic hydroxyl groups is 1. The van der Waals surface area contributed by atoms with E-state index in [1.54, 1.807) is 26.8 Å². The molecule has 0 atom stereocenters. The highest BCUT2D eigenvalue weighted by atomic mass is 35.5. The predicted molar refractivity (Wildman–Crippen MR) is 105 cm³/mol. The molecule has 0 aliphatic rings. The molecule has 0 aliphatic heterocycles. The normalized spacial score (nSPS) is 12.2. The number of rotatable bonds is 7. The molecule has 2 rings (SSSR count). The van der Waals surface area contributed by atoms with Gasteiger partial charge in [0, 0.05) is 36.6 Å². The van der Waals surface area contributed by atoms with Crippen molar-refractivity contribution >= 4 is 33.5 Å². The third-order valence-electron chi connectivity index (χ3n) is 4.11. The van der Waals surface area contributed by atoms with Crippen LogP contribution in [0.2, 0.25) is 5.02 Å². The van der Waals surface area contributed by atoms with Gasteiger partial charge in [-0.1, -0.05) is 25.4 Å². The number of pyridine rings is 1. The summed E-state index contributed by atoms with van der Waals surface area (Å²) in [5, 5.41) is 19.7. The van der Waals surface area contributed by atoms with Crippen LogP contribution in [-0.2, 0) is 16.6 Å². The molecule has 0 spiro atoms. The van der Waals surface area contributed by atoms with Crippen molar-refractivity contribution in [3.8, 4) is 5.75 Å². The number of halogens is 1. The Hall–Kier alpha value is -2.00. The van der Waals surface area contributed by atoms with Crippen molar-refractivity contribution in [2.75, 3.05) is 13.1 Å². The molecule has 9 heteroatoms. The van der Waals surface area contributed by atoms with E-state index < -0.39 is 10.0 Å². The number of hydrogen-bond acceptors (Lipinski definition) is 6. The van der Waals surface area contributed by atoms with Gasteiger partial charge >= 0.3 is 0 Å². The molecule has 0 radical (unpaired) electrons. The summed E-state index contributed by atoms with van der Waals surface area (Å²) in [5.41, 5.74) is 1.48. The third-order valence-corrected chi connectivity index (χ3v) is 6.64. The van der Waals surface area contributed by atoms with E-state index in [-0.39, 0.29) is 22.3 Å². The molecule has 146 valence electrons. The van der Waals surface area contributed by atoms with Gasteiger partial charge in [0.2, 0.25) is 10.0 Å². The van der Waals surface area contributed by atoms with Crippen LogP contribution in [0.4, 0.5) is 5.69 Å². The molecule has 0 saturated carbocycles. The summed E-state index contributed by atoms with van der Waals surface area (Å²) in [6.45, 7) is 5.47. The Morgan fingerprint density at radius 3 is 2.56 bits per heavy atom. The van der Waals surface area contributed by atoms with Crippen molar-refractivity contribution in [1.29, 1.82) is 0 Å². The average molecular weight is 412 g/mol. The number of hydrogen-bond donors (Lipinski definition) is 2. The minimum absolute atomic E-state index is 0.0278. The Morgan fingerprint density at radius 2 is 1.96 bits per heavy atom. The van der Waals surface area contributed by atoms with Crippen molar-refractivity contribution in [1.82, 2.24) is 9.29 Å². The van der Waals surface area contributed by atoms with Crippen LogP contribution in [0.5, 0.6) is 5.75 Å². The lowest BCUT2D eigenvalue weighted by Crippen LogP contribution is -2.30. The first-order valence-electron chi connectivity index (χ1n) is 8.38. The molecular weight excluding hydrogens is 390 g/mol. The lowest BCUT2D eigenvalue weighted by molar-refractivity contribution is 0.280. The van der Waals surface area contributed by atoms with Crippen molar-refractivity contribution in [2.45, 2.75) is 32.3 Å². The van der Waals surface area contributed by atoms with E-state index in [1.165, 1.54) is 28.8 Å². The highest BCUT2D eigenvalue weighted by molar-refractivity contribution is 7.89. The number of nitrogens with zero attached hydrogens (tertiary/aromatic N) is 3. The standard InChI is InChI=1S/C18H22ClN3O4S/c1-4-22(5-2)27(25,26)17-8-14(6-7-16(17)19)21-10-15-13(11-23)9-20-12(3)18(15)24/h6-10,23-24H,4-5,11H2,1-3H3. The van der Waals surface area contributed by atoms with Gasteiger partial charge in [0.1, 0.15) is 10.6 Å². The van der Waals surface area contributed by atoms with Gasteiger partial charge in [-0.05, 0) is 25.1 Å². The summed E-state index contributed by atoms with van der Waals surface area (Å²) in [7, 11) is -3.74. The van der Waals surface area contributed by atoms with Crippen LogP contribution in [0.3, 0.4) is 0 Å². The van der Waals surface area contributed by atoms with Crippen molar-refractivity contribution in [3.05, 3.63) is 46.2 Å². The van der Waals surface area contributed by atoms with Crippen LogP contribution in [0.25, 0.3) is 0 Å². The summed E-state index contributed by atoms with van der Waals surface area (Å²) in [6, 6.07) is 4.43. The first kappa shape index (κ1) is 21.3. The molecule has 0 bridgehead atoms. The van der Waals surface area contributed by atoms with Crippen LogP contribution >= 0.6 is 11.6 Å². The number of aromatic hydroxyl groups is 1. The molecule has 2 aromatic rings. The van der Waals surface area contributed by atoms with Crippen LogP contribution < -0.4 is 0 Å². The molecule has 2 N–H and O–H groups in total. The molecule has 27 heavy (non-hydrogen) atoms. The number of benzene rings is 1. The van der Waals surface area contributed by atoms with Gasteiger partial charge in [0.15, 0.2) is 0 Å². The zero-order valence-corrected chi connectivity index (χ0v) is 16.9. The molecular formula is C18H22ClN3O4S. The van der Waals surface area contributed by atoms with Crippen LogP contribution in [0, 0.1) is 6.92 Å². The summed E-state index contributed by atoms with van der Waals surface area (Å²) < 4.78 is 26.8. The number of sulfonamides is 1. The fourth-order valence-electron chi connectivity index (χ4n) is 2.53. The van der Waals surface area contributed by atoms with E-state index in [0.29, 0.717) is 35.6 Å². The van der Waals surface area contributed by atoms with Crippen molar-refractivity contribution < 1.29 is 18.6 Å². The second kappa shape index (κ2) is 8.79. The first-order valence-corrected chi connectivity index (χ1v) is 10.2. The molecule has 1 heterocycles. The van der Waals surface area contributed by atoms with E-state index >= 15 is 0 Å². The van der Waals surface area contributed by atoms with Gasteiger partial charge in [-0.2, -0.15) is 4.31 Å². The van der Waals surface area contributed by atoms with E-state index in [0.717, 1.165) is 0 Å². The van der Waals surface area contributed by atoms with Crippen LogP contribution in [0.15, 0.2) is 34.3 Å². The van der Waals surface area contributed by atoms with Gasteiger partial charge in [0.05, 0.1) is 23.0 Å². The molecule has 0 fully saturated rings. The van der Waals surface area contributed by atoms with Crippen molar-refractivity contribution in [3.63, 3.8) is 0 Å². The Labute approximate surface area is 164 Å². The number of aliphatic imine (C=N–C) groups is 1. The molecule has 7 nitrogen and oxygen atoms in total. The average Bonchev–Trinajstić information content (AvgIpc) is 2.64. The topological polar surface area (TPSA) is 103 Å². The fraction of sp³-hybridized carbons (Fsp3) is 0.333. The maximum Gasteiger partial charge on any atom is 0.244 e. The fourth-order valence-corrected chi connectivity index (χ4v) is 4.49. The smallest absolute Gasteiger partial charge is 0.244 e. The SMILES string of the molecule is CCN(CC)S(=O)(=O)c1cc(N=Cc2c(CO)cnc(C)c2O)ccc1Cl. The molecule has 0 aliphatic carbocycles. The maximum absolute atomic E-state index is 12.7. The van der Waals surface area contributed by atoms with Crippen LogP contribution in [0.1, 0.15) is 30.7 Å². The Morgan fingerprint density at radius 1 is 1.30 bits per heavy atom. The van der Waals surface area contributed by atoms with E-state index in [9.17, 15) is 18.6 Å². The van der Waals surface area contributed by atoms with Crippen molar-refractivity contribution in [2.24, 2.45) is 4.99 Å². The minimum Gasteiger partial charge on any atom is -0.505 e. The monoisotopic (exact) mass is 411 g/mol. The van der Waals surface area contributed by atoms with Gasteiger partial charge < -0.3 is 10.2 Å². The zero-order chi connectivity index (χ0) is 20.2. The van der Waals surface area contributed by atoms with Gasteiger partial charge in [-0.3, -0.25) is 9.98 Å². The Bertz CT molecular complexity index is 957. The van der Waals surface area contributed by atoms with Gasteiger partial charge in [-0.15, -0.1) is 0 Å². The second-order valence-corrected chi connectivity index (χ2v) is 8.07. The zero-order valence-electron chi connectivity index (χ0n) is 15.3. The molecule has 0 amide bonds. The summed E-state index contributed by atoms with van der Waals surface area (Å²) in [6.07, 6.45) is 2.82. The molecule has 0 unspecified atom stereocenters. The number of aromatic nitrogens is 1. The summed E-state index contributed by atoms with van der Waals surface area (Å²) in [4.78, 5) is 8.21. The van der Waals surface area contributed by atoms with Crippen LogP contribution in [-0.4, -0.2) is 47.2 Å². The van der Waals surface area contributed by atoms with Gasteiger partial charge in [0.25, 0.3) is 0 Å². The quantitative estimate of drug-likeness (QED) is 0.681. The molecule has 1 aromatic heterocycles. The van der Waals surface area contributed by atoms with Gasteiger partial charge in [-0.25, -0.2) is 8.42 Å². The predicted octanol–water partition coefficient (Wildman–Crippen LogP) is 3.02. The lowest BCUT2D eigenvalue weighted by atomic mass is 10.1. The van der Waals surface area contributed by atoms with E-state index in [1.807, 2.05) is 0 Å². The number of aliphatic hydroxyl groups excluding tert-OH is 1. The molecule has 0 saturated heterocycles. The maximum atomic E-state index is 12.7. The lowest BCUT2D eigenvalue weighted by Gasteiger charge is -2.19. The molecule has 1 aromatic carbocycles. The third kappa shape index (κ3) is 4.47. The first-order chi connectivity index (χ1) is 12.8.